The molecule has 0 radical (unpaired) electrons. The number of aliphatic carboxylic acids is 1. The fourth-order valence-electron chi connectivity index (χ4n) is 1.91. The maximum atomic E-state index is 12.0. The van der Waals surface area contributed by atoms with Crippen LogP contribution in [0.2, 0.25) is 0 Å². The van der Waals surface area contributed by atoms with Crippen molar-refractivity contribution in [3.8, 4) is 0 Å². The summed E-state index contributed by atoms with van der Waals surface area (Å²) in [7, 11) is 0. The monoisotopic (exact) mass is 274 g/mol. The Kier molecular flexibility index (Phi) is 8.39. The molecule has 0 aliphatic carbocycles. The summed E-state index contributed by atoms with van der Waals surface area (Å²) >= 11 is 0. The van der Waals surface area contributed by atoms with E-state index in [1.54, 1.807) is 20.8 Å². The first kappa shape index (κ1) is 17.9. The highest BCUT2D eigenvalue weighted by molar-refractivity contribution is 5.99. The molecule has 0 rings (SSSR count). The number of carbonyl (C=O) groups is 2. The molecule has 0 heterocycles. The molecular weight excluding hydrogens is 248 g/mol. The minimum atomic E-state index is -1.51. The van der Waals surface area contributed by atoms with Crippen LogP contribution in [0.4, 0.5) is 0 Å². The second kappa shape index (κ2) is 8.91. The number of ether oxygens (including phenoxy) is 2. The molecule has 0 aromatic heterocycles. The normalized spacial score (nSPS) is 14.2. The summed E-state index contributed by atoms with van der Waals surface area (Å²) in [4.78, 5) is 23.6. The van der Waals surface area contributed by atoms with Crippen LogP contribution in [-0.4, -0.2) is 36.9 Å². The van der Waals surface area contributed by atoms with Crippen LogP contribution in [0.15, 0.2) is 0 Å². The van der Waals surface area contributed by atoms with E-state index >= 15 is 0 Å². The van der Waals surface area contributed by atoms with Gasteiger partial charge in [0.15, 0.2) is 5.41 Å². The number of esters is 1. The molecule has 0 aliphatic rings. The summed E-state index contributed by atoms with van der Waals surface area (Å²) < 4.78 is 10.3. The van der Waals surface area contributed by atoms with Gasteiger partial charge in [-0.3, -0.25) is 9.59 Å². The predicted octanol–water partition coefficient (Wildman–Crippen LogP) is 2.48. The van der Waals surface area contributed by atoms with E-state index in [0.29, 0.717) is 6.61 Å². The highest BCUT2D eigenvalue weighted by Crippen LogP contribution is 2.34. The van der Waals surface area contributed by atoms with Gasteiger partial charge in [-0.05, 0) is 25.7 Å². The Morgan fingerprint density at radius 3 is 2.26 bits per heavy atom. The lowest BCUT2D eigenvalue weighted by molar-refractivity contribution is -0.174. The van der Waals surface area contributed by atoms with Crippen LogP contribution in [0, 0.1) is 11.3 Å². The van der Waals surface area contributed by atoms with Crippen LogP contribution in [0.3, 0.4) is 0 Å². The van der Waals surface area contributed by atoms with Gasteiger partial charge in [0.25, 0.3) is 0 Å². The van der Waals surface area contributed by atoms with Gasteiger partial charge in [-0.2, -0.15) is 0 Å². The third-order valence-corrected chi connectivity index (χ3v) is 3.29. The fraction of sp³-hybridized carbons (Fsp3) is 0.857. The molecule has 0 spiro atoms. The standard InChI is InChI=1S/C14H26O5/c1-5-7-9-18-10-8-14(11(3)4,12(15)16)13(17)19-6-2/h11H,5-10H2,1-4H3,(H,15,16). The van der Waals surface area contributed by atoms with E-state index in [1.807, 2.05) is 0 Å². The summed E-state index contributed by atoms with van der Waals surface area (Å²) in [5.41, 5.74) is -1.51. The van der Waals surface area contributed by atoms with Crippen LogP contribution in [-0.2, 0) is 19.1 Å². The van der Waals surface area contributed by atoms with E-state index < -0.39 is 17.4 Å². The first-order valence-corrected chi connectivity index (χ1v) is 6.91. The largest absolute Gasteiger partial charge is 0.480 e. The zero-order valence-corrected chi connectivity index (χ0v) is 12.4. The van der Waals surface area contributed by atoms with Gasteiger partial charge < -0.3 is 14.6 Å². The van der Waals surface area contributed by atoms with Crippen LogP contribution in [0.1, 0.15) is 47.0 Å². The lowest BCUT2D eigenvalue weighted by Gasteiger charge is -2.30. The molecule has 0 aromatic rings. The zero-order valence-electron chi connectivity index (χ0n) is 12.4. The van der Waals surface area contributed by atoms with E-state index in [-0.39, 0.29) is 25.6 Å². The lowest BCUT2D eigenvalue weighted by atomic mass is 9.74. The van der Waals surface area contributed by atoms with Gasteiger partial charge in [0.05, 0.1) is 6.61 Å². The Morgan fingerprint density at radius 2 is 1.84 bits per heavy atom. The van der Waals surface area contributed by atoms with E-state index in [2.05, 4.69) is 6.92 Å². The summed E-state index contributed by atoms with van der Waals surface area (Å²) in [6.07, 6.45) is 2.09. The summed E-state index contributed by atoms with van der Waals surface area (Å²) in [6.45, 7) is 8.18. The summed E-state index contributed by atoms with van der Waals surface area (Å²) in [6, 6.07) is 0. The van der Waals surface area contributed by atoms with Crippen molar-refractivity contribution in [1.82, 2.24) is 0 Å². The van der Waals surface area contributed by atoms with Gasteiger partial charge >= 0.3 is 11.9 Å². The first-order valence-electron chi connectivity index (χ1n) is 6.91. The quantitative estimate of drug-likeness (QED) is 0.376. The predicted molar refractivity (Wildman–Crippen MR) is 71.9 cm³/mol. The van der Waals surface area contributed by atoms with Gasteiger partial charge in [0.2, 0.25) is 0 Å². The van der Waals surface area contributed by atoms with Gasteiger partial charge in [-0.1, -0.05) is 27.2 Å². The fourth-order valence-corrected chi connectivity index (χ4v) is 1.91. The molecule has 0 saturated heterocycles. The maximum absolute atomic E-state index is 12.0. The molecule has 0 amide bonds. The molecule has 19 heavy (non-hydrogen) atoms. The average molecular weight is 274 g/mol. The number of carboxylic acids is 1. The van der Waals surface area contributed by atoms with Crippen molar-refractivity contribution in [3.05, 3.63) is 0 Å². The SMILES string of the molecule is CCCCOCCC(C(=O)O)(C(=O)OCC)C(C)C. The number of unbranched alkanes of at least 4 members (excludes halogenated alkanes) is 1. The number of hydrogen-bond acceptors (Lipinski definition) is 4. The van der Waals surface area contributed by atoms with Crippen molar-refractivity contribution >= 4 is 11.9 Å². The van der Waals surface area contributed by atoms with E-state index in [9.17, 15) is 14.7 Å². The van der Waals surface area contributed by atoms with Crippen LogP contribution >= 0.6 is 0 Å². The van der Waals surface area contributed by atoms with Crippen molar-refractivity contribution in [2.45, 2.75) is 47.0 Å². The Bertz CT molecular complexity index is 288. The van der Waals surface area contributed by atoms with Crippen molar-refractivity contribution < 1.29 is 24.2 Å². The molecular formula is C14H26O5. The van der Waals surface area contributed by atoms with Crippen molar-refractivity contribution in [1.29, 1.82) is 0 Å². The lowest BCUT2D eigenvalue weighted by Crippen LogP contribution is -2.46. The van der Waals surface area contributed by atoms with Gasteiger partial charge in [-0.15, -0.1) is 0 Å². The Morgan fingerprint density at radius 1 is 1.21 bits per heavy atom. The number of carbonyl (C=O) groups excluding carboxylic acids is 1. The molecule has 5 heteroatoms. The van der Waals surface area contributed by atoms with Crippen molar-refractivity contribution in [2.24, 2.45) is 11.3 Å². The second-order valence-electron chi connectivity index (χ2n) is 4.87. The van der Waals surface area contributed by atoms with E-state index in [4.69, 9.17) is 9.47 Å². The molecule has 112 valence electrons. The number of carboxylic acid groups (broad SMARTS) is 1. The average Bonchev–Trinajstić information content (AvgIpc) is 2.33. The smallest absolute Gasteiger partial charge is 0.323 e. The first-order chi connectivity index (χ1) is 8.93. The van der Waals surface area contributed by atoms with Gasteiger partial charge in [-0.25, -0.2) is 0 Å². The van der Waals surface area contributed by atoms with Crippen molar-refractivity contribution in [3.63, 3.8) is 0 Å². The number of hydrogen-bond donors (Lipinski definition) is 1. The van der Waals surface area contributed by atoms with Crippen LogP contribution in [0.5, 0.6) is 0 Å². The molecule has 1 atom stereocenters. The Labute approximate surface area is 115 Å². The van der Waals surface area contributed by atoms with E-state index in [1.165, 1.54) is 0 Å². The Hall–Kier alpha value is -1.10. The summed E-state index contributed by atoms with van der Waals surface area (Å²) in [5.74, 6) is -2.16. The minimum Gasteiger partial charge on any atom is -0.480 e. The van der Waals surface area contributed by atoms with Crippen LogP contribution < -0.4 is 0 Å². The topological polar surface area (TPSA) is 72.8 Å². The zero-order chi connectivity index (χ0) is 14.9. The highest BCUT2D eigenvalue weighted by Gasteiger charge is 2.50. The molecule has 1 unspecified atom stereocenters. The molecule has 0 saturated carbocycles. The molecule has 5 nitrogen and oxygen atoms in total. The third-order valence-electron chi connectivity index (χ3n) is 3.29. The van der Waals surface area contributed by atoms with Crippen LogP contribution in [0.25, 0.3) is 0 Å². The van der Waals surface area contributed by atoms with E-state index in [0.717, 1.165) is 12.8 Å². The third kappa shape index (κ3) is 4.82. The maximum Gasteiger partial charge on any atom is 0.323 e. The van der Waals surface area contributed by atoms with Gasteiger partial charge in [0.1, 0.15) is 0 Å². The minimum absolute atomic E-state index is 0.141. The highest BCUT2D eigenvalue weighted by atomic mass is 16.5. The molecule has 0 aromatic carbocycles. The molecule has 0 bridgehead atoms. The van der Waals surface area contributed by atoms with Gasteiger partial charge in [0, 0.05) is 13.2 Å². The Balaban J connectivity index is 4.74. The molecule has 0 fully saturated rings. The second-order valence-corrected chi connectivity index (χ2v) is 4.87. The summed E-state index contributed by atoms with van der Waals surface area (Å²) in [5, 5.41) is 9.44. The number of rotatable bonds is 10. The molecule has 1 N–H and O–H groups in total. The van der Waals surface area contributed by atoms with Crippen molar-refractivity contribution in [2.75, 3.05) is 19.8 Å². The molecule has 0 aliphatic heterocycles.